The number of alkyl halides is 1. The van der Waals surface area contributed by atoms with Crippen molar-refractivity contribution in [3.05, 3.63) is 233 Å². The van der Waals surface area contributed by atoms with E-state index in [-0.39, 0.29) is 35.7 Å². The third-order valence-electron chi connectivity index (χ3n) is 17.0. The van der Waals surface area contributed by atoms with Crippen LogP contribution in [0.5, 0.6) is 11.5 Å². The Morgan fingerprint density at radius 1 is 0.628 bits per heavy atom. The fourth-order valence-electron chi connectivity index (χ4n) is 11.7. The van der Waals surface area contributed by atoms with Crippen molar-refractivity contribution in [2.75, 3.05) is 56.6 Å². The molecule has 1 saturated carbocycles. The highest BCUT2D eigenvalue weighted by molar-refractivity contribution is 6.31. The average Bonchev–Trinajstić information content (AvgIpc) is 1.45. The Morgan fingerprint density at radius 2 is 1.23 bits per heavy atom. The summed E-state index contributed by atoms with van der Waals surface area (Å²) in [6, 6.07) is 61.1. The van der Waals surface area contributed by atoms with E-state index in [1.54, 1.807) is 14.7 Å². The molecule has 11 rings (SSSR count). The summed E-state index contributed by atoms with van der Waals surface area (Å²) in [6.07, 6.45) is 10.1. The number of hydrogen-bond acceptors (Lipinski definition) is 8. The number of ether oxygens (including phenoxy) is 2. The molecule has 15 nitrogen and oxygen atoms in total. The van der Waals surface area contributed by atoms with E-state index in [9.17, 15) is 24.0 Å². The molecule has 0 radical (unpaired) electrons. The second kappa shape index (κ2) is 35.7. The second-order valence-electron chi connectivity index (χ2n) is 23.8. The maximum atomic E-state index is 13.4. The Morgan fingerprint density at radius 3 is 1.94 bits per heavy atom. The van der Waals surface area contributed by atoms with Gasteiger partial charge in [-0.2, -0.15) is 0 Å². The maximum absolute atomic E-state index is 13.4. The summed E-state index contributed by atoms with van der Waals surface area (Å²) >= 11 is 13.1. The standard InChI is InChI=1S/C29H27ClN4O2.C25H31ClN2O2.C23H28N2O3/c1-2-36-24-13-11-23(12-14-24)32-29(35)34(16-15-21-18-31-27-10-6-4-8-25(21)27)19-22-17-20-7-3-5-9-26(20)33-28(22)30;1-20-12-16-27(17-13-20)23(29)15-19-28(18-14-21-8-4-2-5-9-21)25(30)24(26)22-10-6-3-7-11-22;1-2-28-20-15-13-18(14-16-20)17-25(21-11-7-4-8-12-22(21)26)23(27)24-19-9-5-3-6-10-19/h3-14,17-18,31H,2,15-16,19H2,1H3,(H,32,35);2-11,20,24H,12-19H2,1H3;3,5-6,9-10,13-16,21H,2,4,7-8,11-12,17H2,1H3,(H,24,27). The van der Waals surface area contributed by atoms with Crippen LogP contribution in [0.15, 0.2) is 200 Å². The van der Waals surface area contributed by atoms with Crippen LogP contribution in [0.25, 0.3) is 21.8 Å². The molecule has 0 spiro atoms. The number of nitrogens with zero attached hydrogens (tertiary/aromatic N) is 5. The van der Waals surface area contributed by atoms with Crippen LogP contribution < -0.4 is 20.1 Å². The predicted octanol–water partition coefficient (Wildman–Crippen LogP) is 16.8. The summed E-state index contributed by atoms with van der Waals surface area (Å²) in [5.41, 5.74) is 8.22. The number of H-pyrrole nitrogens is 1. The van der Waals surface area contributed by atoms with Crippen molar-refractivity contribution < 1.29 is 33.4 Å². The van der Waals surface area contributed by atoms with Crippen LogP contribution in [-0.2, 0) is 40.3 Å². The molecule has 2 atom stereocenters. The Bertz CT molecular complexity index is 3850. The number of pyridine rings is 1. The first-order chi connectivity index (χ1) is 45.8. The molecule has 3 heterocycles. The number of aromatic amines is 1. The molecule has 2 aromatic heterocycles. The number of benzene rings is 7. The number of piperidine rings is 1. The summed E-state index contributed by atoms with van der Waals surface area (Å²) in [4.78, 5) is 80.1. The van der Waals surface area contributed by atoms with Crippen LogP contribution in [0.1, 0.15) is 105 Å². The molecule has 0 bridgehead atoms. The predicted molar refractivity (Wildman–Crippen MR) is 378 cm³/mol. The molecule has 1 aliphatic carbocycles. The van der Waals surface area contributed by atoms with E-state index in [1.807, 2.05) is 195 Å². The molecule has 9 aromatic rings. The van der Waals surface area contributed by atoms with Crippen LogP contribution in [0, 0.1) is 5.92 Å². The Labute approximate surface area is 562 Å². The molecule has 7 aromatic carbocycles. The van der Waals surface area contributed by atoms with Crippen LogP contribution in [-0.4, -0.2) is 111 Å². The lowest BCUT2D eigenvalue weighted by Crippen LogP contribution is -2.46. The quantitative estimate of drug-likeness (QED) is 0.0342. The number of ketones is 1. The number of aromatic nitrogens is 2. The molecule has 17 heteroatoms. The smallest absolute Gasteiger partial charge is 0.322 e. The number of amides is 6. The van der Waals surface area contributed by atoms with Crippen LogP contribution >= 0.6 is 23.2 Å². The molecule has 2 aliphatic rings. The molecule has 490 valence electrons. The Kier molecular flexibility index (Phi) is 26.3. The molecule has 94 heavy (non-hydrogen) atoms. The van der Waals surface area contributed by atoms with Gasteiger partial charge >= 0.3 is 12.1 Å². The molecule has 6 amide bonds. The Balaban J connectivity index is 0.000000168. The molecule has 2 unspecified atom stereocenters. The highest BCUT2D eigenvalue weighted by Crippen LogP contribution is 2.28. The van der Waals surface area contributed by atoms with Crippen molar-refractivity contribution in [3.8, 4) is 11.5 Å². The zero-order chi connectivity index (χ0) is 66.0. The van der Waals surface area contributed by atoms with Crippen molar-refractivity contribution in [1.29, 1.82) is 0 Å². The monoisotopic (exact) mass is 1300 g/mol. The van der Waals surface area contributed by atoms with Crippen molar-refractivity contribution in [3.63, 3.8) is 0 Å². The number of urea groups is 2. The first-order valence-corrected chi connectivity index (χ1v) is 33.7. The van der Waals surface area contributed by atoms with Gasteiger partial charge in [0.2, 0.25) is 11.8 Å². The molecular weight excluding hydrogens is 1220 g/mol. The van der Waals surface area contributed by atoms with E-state index >= 15 is 0 Å². The molecular formula is C77H86Cl2N8O7. The highest BCUT2D eigenvalue weighted by atomic mass is 35.5. The third-order valence-corrected chi connectivity index (χ3v) is 17.8. The zero-order valence-electron chi connectivity index (χ0n) is 54.1. The van der Waals surface area contributed by atoms with Crippen LogP contribution in [0.4, 0.5) is 21.0 Å². The summed E-state index contributed by atoms with van der Waals surface area (Å²) < 4.78 is 11.0. The summed E-state index contributed by atoms with van der Waals surface area (Å²) in [6.45, 7) is 11.1. The van der Waals surface area contributed by atoms with Crippen LogP contribution in [0.3, 0.4) is 0 Å². The number of Topliss-reactive ketones (excluding diaryl/α,β-unsaturated/α-hetero) is 1. The van der Waals surface area contributed by atoms with Gasteiger partial charge in [0.15, 0.2) is 5.78 Å². The van der Waals surface area contributed by atoms with Gasteiger partial charge in [0.05, 0.1) is 31.3 Å². The van der Waals surface area contributed by atoms with Gasteiger partial charge in [-0.1, -0.05) is 159 Å². The molecule has 2 fully saturated rings. The number of fused-ring (bicyclic) bond motifs is 2. The minimum absolute atomic E-state index is 0.130. The third kappa shape index (κ3) is 20.4. The van der Waals surface area contributed by atoms with E-state index in [0.717, 1.165) is 125 Å². The minimum atomic E-state index is -0.743. The van der Waals surface area contributed by atoms with Gasteiger partial charge in [0, 0.05) is 91.5 Å². The number of para-hydroxylation sites is 3. The Hall–Kier alpha value is -9.18. The topological polar surface area (TPSA) is 170 Å². The van der Waals surface area contributed by atoms with Gasteiger partial charge in [0.25, 0.3) is 0 Å². The first kappa shape index (κ1) is 69.2. The van der Waals surface area contributed by atoms with Gasteiger partial charge in [-0.15, -0.1) is 11.6 Å². The first-order valence-electron chi connectivity index (χ1n) is 32.9. The number of nitrogens with one attached hydrogen (secondary N) is 3. The fourth-order valence-corrected chi connectivity index (χ4v) is 12.2. The number of hydrogen-bond donors (Lipinski definition) is 3. The number of carbonyl (C=O) groups excluding carboxylic acids is 5. The van der Waals surface area contributed by atoms with E-state index in [1.165, 1.54) is 0 Å². The SMILES string of the molecule is CC1CCN(C(=O)CCN(CCc2ccccc2)C(=O)C(Cl)c2ccccc2)CC1.CCOc1ccc(CN(C(=O)Nc2ccccc2)C2CCCCCC2=O)cc1.CCOc1ccc(NC(=O)N(CCc2c[nH]c3ccccc23)Cc2cc3ccccc3nc2Cl)cc1. The minimum Gasteiger partial charge on any atom is -0.494 e. The lowest BCUT2D eigenvalue weighted by molar-refractivity contribution is -0.135. The largest absolute Gasteiger partial charge is 0.494 e. The number of halogens is 2. The normalized spacial score (nSPS) is 14.2. The van der Waals surface area contributed by atoms with Gasteiger partial charge in [-0.3, -0.25) is 14.4 Å². The van der Waals surface area contributed by atoms with Gasteiger partial charge in [-0.25, -0.2) is 14.6 Å². The van der Waals surface area contributed by atoms with Gasteiger partial charge in [0.1, 0.15) is 22.0 Å². The maximum Gasteiger partial charge on any atom is 0.322 e. The van der Waals surface area contributed by atoms with Crippen molar-refractivity contribution in [2.45, 2.75) is 109 Å². The van der Waals surface area contributed by atoms with E-state index in [0.29, 0.717) is 82.0 Å². The lowest BCUT2D eigenvalue weighted by Gasteiger charge is -2.31. The highest BCUT2D eigenvalue weighted by Gasteiger charge is 2.31. The number of likely N-dealkylation sites (tertiary alicyclic amines) is 1. The number of anilines is 2. The molecule has 1 saturated heterocycles. The summed E-state index contributed by atoms with van der Waals surface area (Å²) in [5.74, 6) is 2.40. The van der Waals surface area contributed by atoms with E-state index in [4.69, 9.17) is 32.7 Å². The zero-order valence-corrected chi connectivity index (χ0v) is 55.6. The number of carbonyl (C=O) groups is 5. The van der Waals surface area contributed by atoms with Gasteiger partial charge < -0.3 is 44.7 Å². The summed E-state index contributed by atoms with van der Waals surface area (Å²) in [5, 5.41) is 7.77. The molecule has 1 aliphatic heterocycles. The van der Waals surface area contributed by atoms with E-state index in [2.05, 4.69) is 51.8 Å². The van der Waals surface area contributed by atoms with Gasteiger partial charge in [-0.05, 0) is 147 Å². The van der Waals surface area contributed by atoms with Crippen molar-refractivity contribution in [1.82, 2.24) is 29.6 Å². The lowest BCUT2D eigenvalue weighted by atomic mass is 9.99. The van der Waals surface area contributed by atoms with Crippen molar-refractivity contribution >= 4 is 86.0 Å². The average molecular weight is 1310 g/mol. The molecule has 3 N–H and O–H groups in total. The van der Waals surface area contributed by atoms with Crippen molar-refractivity contribution in [2.24, 2.45) is 5.92 Å². The van der Waals surface area contributed by atoms with E-state index < -0.39 is 5.38 Å². The fraction of sp³-hybridized carbons (Fsp3) is 0.325. The summed E-state index contributed by atoms with van der Waals surface area (Å²) in [7, 11) is 0. The second-order valence-corrected chi connectivity index (χ2v) is 24.6. The number of rotatable bonds is 22. The van der Waals surface area contributed by atoms with Crippen LogP contribution in [0.2, 0.25) is 5.15 Å².